The van der Waals surface area contributed by atoms with Gasteiger partial charge in [-0.2, -0.15) is 0 Å². The number of nitrogen functional groups attached to an aromatic ring is 1. The number of nitrogens with two attached hydrogens (primary N) is 1. The van der Waals surface area contributed by atoms with Gasteiger partial charge in [-0.25, -0.2) is 14.4 Å². The van der Waals surface area contributed by atoms with E-state index in [4.69, 9.17) is 5.73 Å². The average molecular weight is 355 g/mol. The number of aromatic nitrogens is 3. The van der Waals surface area contributed by atoms with Crippen molar-refractivity contribution < 1.29 is 4.39 Å². The second kappa shape index (κ2) is 5.14. The largest absolute Gasteiger partial charge is 0.369 e. The normalized spacial score (nSPS) is 11.3. The lowest BCUT2D eigenvalue weighted by atomic mass is 10.3. The van der Waals surface area contributed by atoms with E-state index in [2.05, 4.69) is 25.9 Å². The van der Waals surface area contributed by atoms with E-state index in [-0.39, 0.29) is 5.82 Å². The Balaban J connectivity index is 1.94. The molecule has 2 aromatic heterocycles. The van der Waals surface area contributed by atoms with E-state index in [1.807, 2.05) is 16.9 Å². The van der Waals surface area contributed by atoms with E-state index >= 15 is 0 Å². The van der Waals surface area contributed by atoms with Gasteiger partial charge in [0, 0.05) is 24.4 Å². The van der Waals surface area contributed by atoms with E-state index in [1.165, 1.54) is 6.07 Å². The molecule has 7 heteroatoms. The zero-order valence-corrected chi connectivity index (χ0v) is 13.1. The van der Waals surface area contributed by atoms with Gasteiger partial charge in [-0.15, -0.1) is 11.3 Å². The van der Waals surface area contributed by atoms with Crippen molar-refractivity contribution in [3.8, 4) is 0 Å². The third kappa shape index (κ3) is 2.43. The molecule has 3 rings (SSSR count). The van der Waals surface area contributed by atoms with Crippen molar-refractivity contribution in [3.63, 3.8) is 0 Å². The number of imidazole rings is 1. The molecular formula is C13H12BrFN4S. The maximum atomic E-state index is 13.7. The molecule has 0 atom stereocenters. The van der Waals surface area contributed by atoms with Crippen LogP contribution in [-0.2, 0) is 13.0 Å². The van der Waals surface area contributed by atoms with E-state index in [0.29, 0.717) is 28.0 Å². The molecule has 0 spiro atoms. The Morgan fingerprint density at radius 3 is 2.90 bits per heavy atom. The SMILES string of the molecule is Cc1nc(CCn2c(N)nc3cc(Br)c(F)cc32)cs1. The van der Waals surface area contributed by atoms with Gasteiger partial charge >= 0.3 is 0 Å². The Morgan fingerprint density at radius 1 is 1.40 bits per heavy atom. The Kier molecular flexibility index (Phi) is 3.47. The fourth-order valence-corrected chi connectivity index (χ4v) is 3.10. The highest BCUT2D eigenvalue weighted by atomic mass is 79.9. The molecule has 0 radical (unpaired) electrons. The molecule has 0 bridgehead atoms. The van der Waals surface area contributed by atoms with Crippen molar-refractivity contribution in [1.29, 1.82) is 0 Å². The number of benzene rings is 1. The topological polar surface area (TPSA) is 56.7 Å². The standard InChI is InChI=1S/C13H12BrFN4S/c1-7-17-8(6-20-7)2-3-19-12-5-10(15)9(14)4-11(12)18-13(19)16/h4-6H,2-3H2,1H3,(H2,16,18). The number of thiazole rings is 1. The monoisotopic (exact) mass is 354 g/mol. The molecule has 3 aromatic rings. The van der Waals surface area contributed by atoms with Crippen molar-refractivity contribution in [3.05, 3.63) is 38.5 Å². The Hall–Kier alpha value is -1.47. The van der Waals surface area contributed by atoms with Crippen molar-refractivity contribution in [1.82, 2.24) is 14.5 Å². The highest BCUT2D eigenvalue weighted by Crippen LogP contribution is 2.25. The predicted octanol–water partition coefficient (Wildman–Crippen LogP) is 3.53. The Labute approximate surface area is 127 Å². The maximum absolute atomic E-state index is 13.7. The van der Waals surface area contributed by atoms with E-state index in [1.54, 1.807) is 17.4 Å². The van der Waals surface area contributed by atoms with Gasteiger partial charge in [-0.3, -0.25) is 0 Å². The average Bonchev–Trinajstić information content (AvgIpc) is 2.92. The predicted molar refractivity (Wildman–Crippen MR) is 82.4 cm³/mol. The smallest absolute Gasteiger partial charge is 0.201 e. The van der Waals surface area contributed by atoms with Gasteiger partial charge in [0.05, 0.1) is 26.2 Å². The van der Waals surface area contributed by atoms with Crippen LogP contribution in [-0.4, -0.2) is 14.5 Å². The summed E-state index contributed by atoms with van der Waals surface area (Å²) in [4.78, 5) is 8.67. The van der Waals surface area contributed by atoms with Crippen molar-refractivity contribution in [2.24, 2.45) is 0 Å². The van der Waals surface area contributed by atoms with E-state index in [9.17, 15) is 4.39 Å². The summed E-state index contributed by atoms with van der Waals surface area (Å²) in [7, 11) is 0. The molecule has 2 heterocycles. The number of hydrogen-bond acceptors (Lipinski definition) is 4. The maximum Gasteiger partial charge on any atom is 0.201 e. The quantitative estimate of drug-likeness (QED) is 0.782. The number of hydrogen-bond donors (Lipinski definition) is 1. The minimum Gasteiger partial charge on any atom is -0.369 e. The molecule has 0 amide bonds. The second-order valence-corrected chi connectivity index (χ2v) is 6.40. The van der Waals surface area contributed by atoms with Gasteiger partial charge in [0.2, 0.25) is 5.95 Å². The lowest BCUT2D eigenvalue weighted by molar-refractivity contribution is 0.621. The second-order valence-electron chi connectivity index (χ2n) is 4.48. The summed E-state index contributed by atoms with van der Waals surface area (Å²) in [6.07, 6.45) is 0.748. The first-order valence-corrected chi connectivity index (χ1v) is 7.73. The first-order chi connectivity index (χ1) is 9.54. The third-order valence-corrected chi connectivity index (χ3v) is 4.51. The first-order valence-electron chi connectivity index (χ1n) is 6.06. The summed E-state index contributed by atoms with van der Waals surface area (Å²) in [6, 6.07) is 3.10. The van der Waals surface area contributed by atoms with Gasteiger partial charge in [-0.1, -0.05) is 0 Å². The van der Waals surface area contributed by atoms with Crippen LogP contribution < -0.4 is 5.73 Å². The van der Waals surface area contributed by atoms with Crippen LogP contribution in [0.4, 0.5) is 10.3 Å². The molecule has 0 saturated heterocycles. The first kappa shape index (κ1) is 13.5. The number of aryl methyl sites for hydroxylation is 3. The fraction of sp³-hybridized carbons (Fsp3) is 0.231. The zero-order valence-electron chi connectivity index (χ0n) is 10.7. The lowest BCUT2D eigenvalue weighted by Gasteiger charge is -2.05. The molecule has 0 fully saturated rings. The van der Waals surface area contributed by atoms with Crippen molar-refractivity contribution in [2.45, 2.75) is 19.9 Å². The Bertz CT molecular complexity index is 780. The number of fused-ring (bicyclic) bond motifs is 1. The van der Waals surface area contributed by atoms with Crippen LogP contribution in [0.15, 0.2) is 22.0 Å². The third-order valence-electron chi connectivity index (χ3n) is 3.08. The molecule has 0 saturated carbocycles. The molecule has 104 valence electrons. The van der Waals surface area contributed by atoms with Gasteiger partial charge in [0.1, 0.15) is 5.82 Å². The molecule has 0 aliphatic heterocycles. The Morgan fingerprint density at radius 2 is 2.20 bits per heavy atom. The van der Waals surface area contributed by atoms with E-state index < -0.39 is 0 Å². The van der Waals surface area contributed by atoms with Crippen LogP contribution in [0.2, 0.25) is 0 Å². The molecule has 0 aliphatic carbocycles. The van der Waals surface area contributed by atoms with Gasteiger partial charge in [-0.05, 0) is 28.9 Å². The minimum atomic E-state index is -0.317. The summed E-state index contributed by atoms with van der Waals surface area (Å²) in [6.45, 7) is 2.61. The number of nitrogens with zero attached hydrogens (tertiary/aromatic N) is 3. The summed E-state index contributed by atoms with van der Waals surface area (Å²) in [5.41, 5.74) is 8.33. The molecule has 0 aliphatic rings. The van der Waals surface area contributed by atoms with Crippen LogP contribution in [0, 0.1) is 12.7 Å². The van der Waals surface area contributed by atoms with Gasteiger partial charge < -0.3 is 10.3 Å². The molecule has 0 unspecified atom stereocenters. The summed E-state index contributed by atoms with van der Waals surface area (Å²) >= 11 is 4.78. The summed E-state index contributed by atoms with van der Waals surface area (Å²) in [5, 5.41) is 3.07. The van der Waals surface area contributed by atoms with Crippen molar-refractivity contribution in [2.75, 3.05) is 5.73 Å². The number of rotatable bonds is 3. The lowest BCUT2D eigenvalue weighted by Crippen LogP contribution is -2.06. The summed E-state index contributed by atoms with van der Waals surface area (Å²) in [5.74, 6) is 0.0765. The van der Waals surface area contributed by atoms with Gasteiger partial charge in [0.15, 0.2) is 0 Å². The van der Waals surface area contributed by atoms with Crippen LogP contribution in [0.1, 0.15) is 10.7 Å². The number of anilines is 1. The molecule has 2 N–H and O–H groups in total. The molecule has 4 nitrogen and oxygen atoms in total. The van der Waals surface area contributed by atoms with Crippen LogP contribution in [0.3, 0.4) is 0 Å². The van der Waals surface area contributed by atoms with Gasteiger partial charge in [0.25, 0.3) is 0 Å². The minimum absolute atomic E-state index is 0.317. The highest BCUT2D eigenvalue weighted by Gasteiger charge is 2.12. The number of halogens is 2. The highest BCUT2D eigenvalue weighted by molar-refractivity contribution is 9.10. The van der Waals surface area contributed by atoms with Crippen LogP contribution in [0.5, 0.6) is 0 Å². The van der Waals surface area contributed by atoms with Crippen molar-refractivity contribution >= 4 is 44.2 Å². The van der Waals surface area contributed by atoms with Crippen LogP contribution >= 0.6 is 27.3 Å². The van der Waals surface area contributed by atoms with Crippen LogP contribution in [0.25, 0.3) is 11.0 Å². The molecule has 1 aromatic carbocycles. The molecular weight excluding hydrogens is 343 g/mol. The fourth-order valence-electron chi connectivity index (χ4n) is 2.12. The summed E-state index contributed by atoms with van der Waals surface area (Å²) < 4.78 is 15.9. The van der Waals surface area contributed by atoms with E-state index in [0.717, 1.165) is 17.1 Å². The zero-order chi connectivity index (χ0) is 14.3. The molecule has 20 heavy (non-hydrogen) atoms.